The SMILES string of the molecule is Cc1ccc(-n2ccc(C)c(C#N)c2=O)c(Br)c1. The standard InChI is InChI=1S/C14H11BrN2O/c1-9-3-4-13(12(15)7-9)17-6-5-10(2)11(8-16)14(17)18/h3-7H,1-2H3. The van der Waals surface area contributed by atoms with Gasteiger partial charge in [0.25, 0.3) is 5.56 Å². The maximum Gasteiger partial charge on any atom is 0.273 e. The molecule has 0 bridgehead atoms. The van der Waals surface area contributed by atoms with Gasteiger partial charge in [-0.1, -0.05) is 6.07 Å². The summed E-state index contributed by atoms with van der Waals surface area (Å²) in [6.45, 7) is 3.74. The molecule has 1 heterocycles. The molecule has 1 aromatic heterocycles. The number of nitrogens with zero attached hydrogens (tertiary/aromatic N) is 2. The molecule has 2 aromatic rings. The Labute approximate surface area is 113 Å². The van der Waals surface area contributed by atoms with Crippen molar-refractivity contribution in [3.63, 3.8) is 0 Å². The fraction of sp³-hybridized carbons (Fsp3) is 0.143. The molecule has 3 nitrogen and oxygen atoms in total. The van der Waals surface area contributed by atoms with Crippen molar-refractivity contribution in [2.24, 2.45) is 0 Å². The average Bonchev–Trinajstić information content (AvgIpc) is 2.31. The Morgan fingerprint density at radius 1 is 1.28 bits per heavy atom. The molecule has 0 aliphatic carbocycles. The Balaban J connectivity index is 2.74. The molecule has 0 spiro atoms. The van der Waals surface area contributed by atoms with E-state index in [0.717, 1.165) is 15.7 Å². The van der Waals surface area contributed by atoms with E-state index in [9.17, 15) is 4.79 Å². The second-order valence-electron chi connectivity index (χ2n) is 4.12. The van der Waals surface area contributed by atoms with Crippen molar-refractivity contribution >= 4 is 15.9 Å². The predicted molar refractivity (Wildman–Crippen MR) is 73.9 cm³/mol. The zero-order chi connectivity index (χ0) is 13.3. The number of hydrogen-bond acceptors (Lipinski definition) is 2. The summed E-state index contributed by atoms with van der Waals surface area (Å²) in [4.78, 5) is 12.2. The minimum Gasteiger partial charge on any atom is -0.282 e. The maximum absolute atomic E-state index is 12.2. The highest BCUT2D eigenvalue weighted by Crippen LogP contribution is 2.21. The molecule has 4 heteroatoms. The number of pyridine rings is 1. The first-order valence-electron chi connectivity index (χ1n) is 5.43. The van der Waals surface area contributed by atoms with Crippen LogP contribution in [-0.4, -0.2) is 4.57 Å². The van der Waals surface area contributed by atoms with E-state index in [1.165, 1.54) is 4.57 Å². The zero-order valence-corrected chi connectivity index (χ0v) is 11.7. The second kappa shape index (κ2) is 4.79. The molecule has 0 saturated heterocycles. The number of halogens is 1. The molecule has 0 N–H and O–H groups in total. The maximum atomic E-state index is 12.2. The highest BCUT2D eigenvalue weighted by molar-refractivity contribution is 9.10. The Morgan fingerprint density at radius 3 is 2.61 bits per heavy atom. The van der Waals surface area contributed by atoms with Gasteiger partial charge in [-0.3, -0.25) is 9.36 Å². The molecule has 0 unspecified atom stereocenters. The Kier molecular flexibility index (Phi) is 3.35. The number of rotatable bonds is 1. The van der Waals surface area contributed by atoms with Crippen molar-refractivity contribution in [1.82, 2.24) is 4.57 Å². The molecule has 0 radical (unpaired) electrons. The normalized spacial score (nSPS) is 10.1. The molecule has 0 atom stereocenters. The number of nitriles is 1. The summed E-state index contributed by atoms with van der Waals surface area (Å²) in [6, 6.07) is 9.45. The van der Waals surface area contributed by atoms with E-state index >= 15 is 0 Å². The summed E-state index contributed by atoms with van der Waals surface area (Å²) >= 11 is 3.44. The minimum atomic E-state index is -0.290. The van der Waals surface area contributed by atoms with Crippen LogP contribution in [-0.2, 0) is 0 Å². The fourth-order valence-electron chi connectivity index (χ4n) is 1.76. The summed E-state index contributed by atoms with van der Waals surface area (Å²) < 4.78 is 2.31. The van der Waals surface area contributed by atoms with Gasteiger partial charge in [-0.15, -0.1) is 0 Å². The molecule has 2 rings (SSSR count). The van der Waals surface area contributed by atoms with Gasteiger partial charge in [-0.25, -0.2) is 0 Å². The first kappa shape index (κ1) is 12.6. The number of aryl methyl sites for hydroxylation is 2. The molecule has 0 saturated carbocycles. The lowest BCUT2D eigenvalue weighted by Crippen LogP contribution is -2.21. The van der Waals surface area contributed by atoms with E-state index in [1.807, 2.05) is 31.2 Å². The van der Waals surface area contributed by atoms with Crippen LogP contribution in [0.4, 0.5) is 0 Å². The third-order valence-corrected chi connectivity index (χ3v) is 3.41. The largest absolute Gasteiger partial charge is 0.282 e. The van der Waals surface area contributed by atoms with Crippen LogP contribution < -0.4 is 5.56 Å². The highest BCUT2D eigenvalue weighted by Gasteiger charge is 2.10. The Morgan fingerprint density at radius 2 is 2.00 bits per heavy atom. The quantitative estimate of drug-likeness (QED) is 0.812. The fourth-order valence-corrected chi connectivity index (χ4v) is 2.44. The van der Waals surface area contributed by atoms with Crippen LogP contribution >= 0.6 is 15.9 Å². The van der Waals surface area contributed by atoms with E-state index in [1.54, 1.807) is 19.2 Å². The number of hydrogen-bond donors (Lipinski definition) is 0. The third-order valence-electron chi connectivity index (χ3n) is 2.78. The van der Waals surface area contributed by atoms with E-state index in [-0.39, 0.29) is 11.1 Å². The van der Waals surface area contributed by atoms with Crippen molar-refractivity contribution in [3.05, 3.63) is 62.0 Å². The van der Waals surface area contributed by atoms with Crippen molar-refractivity contribution in [2.75, 3.05) is 0 Å². The molecular formula is C14H11BrN2O. The van der Waals surface area contributed by atoms with Crippen LogP contribution in [0.25, 0.3) is 5.69 Å². The van der Waals surface area contributed by atoms with Gasteiger partial charge in [0, 0.05) is 10.7 Å². The van der Waals surface area contributed by atoms with E-state index in [4.69, 9.17) is 5.26 Å². The number of benzene rings is 1. The van der Waals surface area contributed by atoms with Gasteiger partial charge in [0.05, 0.1) is 5.69 Å². The van der Waals surface area contributed by atoms with E-state index < -0.39 is 0 Å². The monoisotopic (exact) mass is 302 g/mol. The van der Waals surface area contributed by atoms with Gasteiger partial charge in [0.15, 0.2) is 0 Å². The van der Waals surface area contributed by atoms with Crippen LogP contribution in [0.1, 0.15) is 16.7 Å². The first-order chi connectivity index (χ1) is 8.54. The van der Waals surface area contributed by atoms with Gasteiger partial charge < -0.3 is 0 Å². The smallest absolute Gasteiger partial charge is 0.273 e. The Bertz CT molecular complexity index is 711. The molecule has 1 aromatic carbocycles. The van der Waals surface area contributed by atoms with E-state index in [2.05, 4.69) is 15.9 Å². The molecule has 0 amide bonds. The summed E-state index contributed by atoms with van der Waals surface area (Å²) in [5.41, 5.74) is 2.43. The summed E-state index contributed by atoms with van der Waals surface area (Å²) in [7, 11) is 0. The summed E-state index contributed by atoms with van der Waals surface area (Å²) in [5.74, 6) is 0. The van der Waals surface area contributed by atoms with Crippen molar-refractivity contribution in [2.45, 2.75) is 13.8 Å². The van der Waals surface area contributed by atoms with Crippen LogP contribution in [0, 0.1) is 25.2 Å². The van der Waals surface area contributed by atoms with Crippen LogP contribution in [0.15, 0.2) is 39.7 Å². The average molecular weight is 303 g/mol. The predicted octanol–water partition coefficient (Wildman–Crippen LogP) is 3.09. The van der Waals surface area contributed by atoms with E-state index in [0.29, 0.717) is 5.56 Å². The summed E-state index contributed by atoms with van der Waals surface area (Å²) in [6.07, 6.45) is 1.69. The van der Waals surface area contributed by atoms with Crippen molar-refractivity contribution in [1.29, 1.82) is 5.26 Å². The van der Waals surface area contributed by atoms with Crippen LogP contribution in [0.3, 0.4) is 0 Å². The third kappa shape index (κ3) is 2.09. The lowest BCUT2D eigenvalue weighted by atomic mass is 10.1. The summed E-state index contributed by atoms with van der Waals surface area (Å²) in [5, 5.41) is 9.01. The van der Waals surface area contributed by atoms with Gasteiger partial charge in [0.1, 0.15) is 11.6 Å². The minimum absolute atomic E-state index is 0.185. The lowest BCUT2D eigenvalue weighted by molar-refractivity contribution is 0.966. The molecule has 0 aliphatic rings. The molecule has 18 heavy (non-hydrogen) atoms. The van der Waals surface area contributed by atoms with Gasteiger partial charge in [0.2, 0.25) is 0 Å². The second-order valence-corrected chi connectivity index (χ2v) is 4.97. The first-order valence-corrected chi connectivity index (χ1v) is 6.23. The van der Waals surface area contributed by atoms with Gasteiger partial charge in [-0.2, -0.15) is 5.26 Å². The molecular weight excluding hydrogens is 292 g/mol. The Hall–Kier alpha value is -1.86. The molecule has 90 valence electrons. The van der Waals surface area contributed by atoms with Crippen molar-refractivity contribution in [3.8, 4) is 11.8 Å². The topological polar surface area (TPSA) is 45.8 Å². The number of aromatic nitrogens is 1. The van der Waals surface area contributed by atoms with Crippen LogP contribution in [0.2, 0.25) is 0 Å². The highest BCUT2D eigenvalue weighted by atomic mass is 79.9. The van der Waals surface area contributed by atoms with Gasteiger partial charge >= 0.3 is 0 Å². The van der Waals surface area contributed by atoms with Crippen molar-refractivity contribution < 1.29 is 0 Å². The van der Waals surface area contributed by atoms with Crippen LogP contribution in [0.5, 0.6) is 0 Å². The molecule has 0 fully saturated rings. The lowest BCUT2D eigenvalue weighted by Gasteiger charge is -2.10. The molecule has 0 aliphatic heterocycles. The van der Waals surface area contributed by atoms with Gasteiger partial charge in [-0.05, 0) is 59.1 Å². The zero-order valence-electron chi connectivity index (χ0n) is 10.1.